The molecule has 0 aromatic carbocycles. The van der Waals surface area contributed by atoms with Gasteiger partial charge in [-0.25, -0.2) is 0 Å². The maximum atomic E-state index is 12.4. The number of pyridine rings is 1. The van der Waals surface area contributed by atoms with Crippen LogP contribution in [-0.2, 0) is 23.0 Å². The summed E-state index contributed by atoms with van der Waals surface area (Å²) in [6.45, 7) is 0. The molecule has 12 heteroatoms. The van der Waals surface area contributed by atoms with Crippen molar-refractivity contribution in [3.63, 3.8) is 0 Å². The summed E-state index contributed by atoms with van der Waals surface area (Å²) in [6.07, 6.45) is 2.40. The second kappa shape index (κ2) is 5.83. The Hall–Kier alpha value is -2.11. The molecule has 0 amide bonds. The third-order valence-corrected chi connectivity index (χ3v) is 4.30. The predicted molar refractivity (Wildman–Crippen MR) is 70.6 cm³/mol. The van der Waals surface area contributed by atoms with Crippen molar-refractivity contribution in [1.82, 2.24) is 4.98 Å². The molecule has 0 spiro atoms. The molecule has 0 radical (unpaired) electrons. The van der Waals surface area contributed by atoms with Crippen molar-refractivity contribution in [3.05, 3.63) is 31.6 Å². The van der Waals surface area contributed by atoms with Crippen molar-refractivity contribution in [2.75, 3.05) is 0 Å². The smallest absolute Gasteiger partial charge is 0.350 e. The monoisotopic (exact) mass is 356 g/mol. The van der Waals surface area contributed by atoms with Gasteiger partial charge in [0.1, 0.15) is 0 Å². The van der Waals surface area contributed by atoms with Crippen molar-refractivity contribution < 1.29 is 30.7 Å². The van der Waals surface area contributed by atoms with Crippen molar-refractivity contribution in [2.45, 2.75) is 37.6 Å². The number of aromatic nitrogens is 1. The fourth-order valence-electron chi connectivity index (χ4n) is 2.30. The standard InChI is InChI=1S/C11H11F3N2O6S/c12-11(13,14)23(20,21)22-10-8(16(18)19)9(17)6-4-2-1-3-5-7(6)15-10/h1-5H2,(H,15,17). The lowest BCUT2D eigenvalue weighted by molar-refractivity contribution is -0.387. The Morgan fingerprint density at radius 1 is 1.17 bits per heavy atom. The number of rotatable bonds is 3. The summed E-state index contributed by atoms with van der Waals surface area (Å²) in [5.74, 6) is -1.32. The van der Waals surface area contributed by atoms with E-state index in [1.54, 1.807) is 0 Å². The number of hydrogen-bond acceptors (Lipinski definition) is 6. The molecule has 0 unspecified atom stereocenters. The van der Waals surface area contributed by atoms with Crippen LogP contribution in [0.15, 0.2) is 4.79 Å². The van der Waals surface area contributed by atoms with E-state index >= 15 is 0 Å². The van der Waals surface area contributed by atoms with Crippen LogP contribution in [0.25, 0.3) is 0 Å². The highest BCUT2D eigenvalue weighted by molar-refractivity contribution is 7.88. The molecule has 1 aliphatic carbocycles. The van der Waals surface area contributed by atoms with Gasteiger partial charge >= 0.3 is 21.3 Å². The van der Waals surface area contributed by atoms with E-state index < -0.39 is 37.5 Å². The minimum atomic E-state index is -6.13. The van der Waals surface area contributed by atoms with E-state index in [1.807, 2.05) is 0 Å². The van der Waals surface area contributed by atoms with E-state index in [0.29, 0.717) is 12.8 Å². The van der Waals surface area contributed by atoms with E-state index in [4.69, 9.17) is 0 Å². The average Bonchev–Trinajstić information content (AvgIpc) is 2.61. The molecule has 1 heterocycles. The zero-order valence-corrected chi connectivity index (χ0v) is 12.3. The quantitative estimate of drug-likeness (QED) is 0.290. The van der Waals surface area contributed by atoms with Crippen LogP contribution in [0.3, 0.4) is 0 Å². The summed E-state index contributed by atoms with van der Waals surface area (Å²) in [7, 11) is -6.13. The number of nitrogens with zero attached hydrogens (tertiary/aromatic N) is 1. The molecule has 0 aliphatic heterocycles. The highest BCUT2D eigenvalue weighted by Gasteiger charge is 2.50. The van der Waals surface area contributed by atoms with Gasteiger partial charge in [0, 0.05) is 11.3 Å². The molecule has 0 saturated carbocycles. The zero-order chi connectivity index (χ0) is 17.4. The van der Waals surface area contributed by atoms with Crippen LogP contribution in [0, 0.1) is 10.1 Å². The molecule has 1 aromatic rings. The third-order valence-electron chi connectivity index (χ3n) is 3.35. The first-order chi connectivity index (χ1) is 10.5. The molecule has 1 aromatic heterocycles. The number of hydrogen-bond donors (Lipinski definition) is 1. The van der Waals surface area contributed by atoms with Gasteiger partial charge in [0.25, 0.3) is 11.3 Å². The van der Waals surface area contributed by atoms with Crippen LogP contribution in [-0.4, -0.2) is 23.8 Å². The van der Waals surface area contributed by atoms with E-state index in [2.05, 4.69) is 9.17 Å². The Morgan fingerprint density at radius 2 is 1.78 bits per heavy atom. The van der Waals surface area contributed by atoms with Gasteiger partial charge in [-0.2, -0.15) is 21.6 Å². The van der Waals surface area contributed by atoms with Crippen molar-refractivity contribution >= 4 is 15.8 Å². The molecule has 0 fully saturated rings. The maximum absolute atomic E-state index is 12.4. The van der Waals surface area contributed by atoms with Crippen LogP contribution >= 0.6 is 0 Å². The molecule has 8 nitrogen and oxygen atoms in total. The van der Waals surface area contributed by atoms with E-state index in [-0.39, 0.29) is 24.1 Å². The lowest BCUT2D eigenvalue weighted by Crippen LogP contribution is -2.30. The van der Waals surface area contributed by atoms with Gasteiger partial charge in [-0.15, -0.1) is 0 Å². The Bertz CT molecular complexity index is 799. The number of nitro groups is 1. The number of aromatic amines is 1. The predicted octanol–water partition coefficient (Wildman–Crippen LogP) is 1.78. The summed E-state index contributed by atoms with van der Waals surface area (Å²) in [6, 6.07) is 0. The number of nitrogens with one attached hydrogen (secondary N) is 1. The minimum Gasteiger partial charge on any atom is -0.350 e. The lowest BCUT2D eigenvalue weighted by Gasteiger charge is -2.12. The highest BCUT2D eigenvalue weighted by Crippen LogP contribution is 2.31. The third kappa shape index (κ3) is 3.30. The Kier molecular flexibility index (Phi) is 4.37. The Balaban J connectivity index is 2.64. The molecule has 0 bridgehead atoms. The van der Waals surface area contributed by atoms with Gasteiger partial charge in [-0.1, -0.05) is 6.42 Å². The largest absolute Gasteiger partial charge is 0.534 e. The van der Waals surface area contributed by atoms with Crippen LogP contribution in [0.1, 0.15) is 30.5 Å². The molecular weight excluding hydrogens is 345 g/mol. The van der Waals surface area contributed by atoms with Crippen molar-refractivity contribution in [3.8, 4) is 5.88 Å². The van der Waals surface area contributed by atoms with Crippen LogP contribution in [0.2, 0.25) is 0 Å². The van der Waals surface area contributed by atoms with Crippen LogP contribution in [0.5, 0.6) is 5.88 Å². The fourth-order valence-corrected chi connectivity index (χ4v) is 2.73. The first-order valence-electron chi connectivity index (χ1n) is 6.48. The average molecular weight is 356 g/mol. The second-order valence-electron chi connectivity index (χ2n) is 4.89. The number of alkyl halides is 3. The number of H-pyrrole nitrogens is 1. The molecule has 128 valence electrons. The van der Waals surface area contributed by atoms with Gasteiger partial charge in [0.05, 0.1) is 4.92 Å². The maximum Gasteiger partial charge on any atom is 0.534 e. The van der Waals surface area contributed by atoms with Gasteiger partial charge in [0.15, 0.2) is 0 Å². The van der Waals surface area contributed by atoms with Gasteiger partial charge in [-0.3, -0.25) is 14.9 Å². The zero-order valence-electron chi connectivity index (χ0n) is 11.5. The molecule has 0 atom stereocenters. The van der Waals surface area contributed by atoms with Crippen molar-refractivity contribution in [2.24, 2.45) is 0 Å². The summed E-state index contributed by atoms with van der Waals surface area (Å²) in [5.41, 5.74) is -8.02. The normalized spacial score (nSPS) is 15.6. The summed E-state index contributed by atoms with van der Waals surface area (Å²) in [5, 5.41) is 11.0. The highest BCUT2D eigenvalue weighted by atomic mass is 32.2. The lowest BCUT2D eigenvalue weighted by atomic mass is 10.1. The second-order valence-corrected chi connectivity index (χ2v) is 6.43. The van der Waals surface area contributed by atoms with Gasteiger partial charge in [-0.05, 0) is 25.7 Å². The molecule has 1 aliphatic rings. The van der Waals surface area contributed by atoms with Crippen LogP contribution < -0.4 is 9.61 Å². The molecule has 1 N–H and O–H groups in total. The SMILES string of the molecule is O=c1c2c([nH]c(OS(=O)(=O)C(F)(F)F)c1[N+](=O)[O-])CCCCC2. The number of aryl methyl sites for hydroxylation is 1. The number of fused-ring (bicyclic) bond motifs is 1. The first kappa shape index (κ1) is 17.2. The molecule has 2 rings (SSSR count). The molecule has 23 heavy (non-hydrogen) atoms. The van der Waals surface area contributed by atoms with E-state index in [1.165, 1.54) is 0 Å². The first-order valence-corrected chi connectivity index (χ1v) is 7.88. The fraction of sp³-hybridized carbons (Fsp3) is 0.545. The summed E-state index contributed by atoms with van der Waals surface area (Å²) >= 11 is 0. The molecular formula is C11H11F3N2O6S. The Labute approximate surface area is 127 Å². The van der Waals surface area contributed by atoms with Gasteiger partial charge < -0.3 is 9.17 Å². The van der Waals surface area contributed by atoms with Gasteiger partial charge in [0.2, 0.25) is 0 Å². The number of halogens is 3. The molecule has 0 saturated heterocycles. The van der Waals surface area contributed by atoms with Crippen LogP contribution in [0.4, 0.5) is 18.9 Å². The topological polar surface area (TPSA) is 119 Å². The summed E-state index contributed by atoms with van der Waals surface area (Å²) < 4.78 is 63.0. The van der Waals surface area contributed by atoms with E-state index in [0.717, 1.165) is 6.42 Å². The summed E-state index contributed by atoms with van der Waals surface area (Å²) in [4.78, 5) is 24.0. The van der Waals surface area contributed by atoms with Crippen molar-refractivity contribution in [1.29, 1.82) is 0 Å². The minimum absolute atomic E-state index is 0.0750. The van der Waals surface area contributed by atoms with E-state index in [9.17, 15) is 36.5 Å². The Morgan fingerprint density at radius 3 is 2.35 bits per heavy atom.